The Morgan fingerprint density at radius 1 is 1.21 bits per heavy atom. The number of anilines is 1. The average molecular weight is 360 g/mol. The first-order valence-electron chi connectivity index (χ1n) is 5.27. The van der Waals surface area contributed by atoms with Crippen LogP contribution >= 0.6 is 27.3 Å². The number of carbonyl (C=O) groups excluding carboxylic acids is 1. The fourth-order valence-corrected chi connectivity index (χ4v) is 4.84. The van der Waals surface area contributed by atoms with Crippen LogP contribution in [-0.2, 0) is 10.0 Å². The Hall–Kier alpha value is -1.18. The van der Waals surface area contributed by atoms with Crippen LogP contribution in [0.5, 0.6) is 0 Å². The van der Waals surface area contributed by atoms with Gasteiger partial charge in [0.25, 0.3) is 10.0 Å². The first kappa shape index (κ1) is 14.2. The average Bonchev–Trinajstić information content (AvgIpc) is 2.76. The molecule has 7 heteroatoms. The van der Waals surface area contributed by atoms with E-state index in [1.807, 2.05) is 0 Å². The molecule has 1 heterocycles. The molecule has 0 fully saturated rings. The molecule has 0 bridgehead atoms. The summed E-state index contributed by atoms with van der Waals surface area (Å²) in [5, 5.41) is 1.69. The molecule has 0 amide bonds. The van der Waals surface area contributed by atoms with E-state index >= 15 is 0 Å². The van der Waals surface area contributed by atoms with Crippen LogP contribution in [0.25, 0.3) is 0 Å². The molecule has 4 nitrogen and oxygen atoms in total. The summed E-state index contributed by atoms with van der Waals surface area (Å²) in [5.41, 5.74) is 0.963. The maximum Gasteiger partial charge on any atom is 0.272 e. The quantitative estimate of drug-likeness (QED) is 0.849. The van der Waals surface area contributed by atoms with Crippen LogP contribution in [0.1, 0.15) is 17.3 Å². The summed E-state index contributed by atoms with van der Waals surface area (Å²) in [7, 11) is -3.60. The van der Waals surface area contributed by atoms with E-state index < -0.39 is 10.0 Å². The fourth-order valence-electron chi connectivity index (χ4n) is 1.45. The molecule has 0 aliphatic rings. The second-order valence-electron chi connectivity index (χ2n) is 3.80. The van der Waals surface area contributed by atoms with Gasteiger partial charge in [-0.15, -0.1) is 11.3 Å². The molecular weight excluding hydrogens is 350 g/mol. The van der Waals surface area contributed by atoms with Crippen molar-refractivity contribution >= 4 is 48.8 Å². The van der Waals surface area contributed by atoms with Gasteiger partial charge >= 0.3 is 0 Å². The van der Waals surface area contributed by atoms with Crippen molar-refractivity contribution in [2.24, 2.45) is 0 Å². The Morgan fingerprint density at radius 3 is 2.32 bits per heavy atom. The van der Waals surface area contributed by atoms with Crippen LogP contribution in [0.4, 0.5) is 5.69 Å². The lowest BCUT2D eigenvalue weighted by molar-refractivity contribution is 0.101. The maximum absolute atomic E-state index is 12.1. The van der Waals surface area contributed by atoms with Crippen LogP contribution in [-0.4, -0.2) is 14.2 Å². The second kappa shape index (κ2) is 5.44. The first-order chi connectivity index (χ1) is 8.90. The molecule has 2 rings (SSSR count). The molecule has 0 atom stereocenters. The molecule has 2 aromatic rings. The largest absolute Gasteiger partial charge is 0.295 e. The molecule has 0 saturated heterocycles. The molecule has 1 N–H and O–H groups in total. The number of Topliss-reactive ketones (excluding diaryl/α,β-unsaturated/α-hetero) is 1. The third-order valence-electron chi connectivity index (χ3n) is 2.37. The van der Waals surface area contributed by atoms with E-state index in [2.05, 4.69) is 20.7 Å². The minimum absolute atomic E-state index is 0.0598. The molecule has 0 spiro atoms. The van der Waals surface area contributed by atoms with Gasteiger partial charge in [-0.2, -0.15) is 0 Å². The van der Waals surface area contributed by atoms with E-state index in [4.69, 9.17) is 0 Å². The molecule has 0 aliphatic heterocycles. The summed E-state index contributed by atoms with van der Waals surface area (Å²) in [4.78, 5) is 11.1. The molecule has 0 unspecified atom stereocenters. The van der Waals surface area contributed by atoms with E-state index in [9.17, 15) is 13.2 Å². The number of nitrogens with one attached hydrogen (secondary N) is 1. The predicted octanol–water partition coefficient (Wildman–Crippen LogP) is 3.51. The summed E-state index contributed by atoms with van der Waals surface area (Å²) in [6.45, 7) is 1.46. The monoisotopic (exact) mass is 359 g/mol. The number of ketones is 1. The second-order valence-corrected chi connectivity index (χ2v) is 7.44. The van der Waals surface area contributed by atoms with Gasteiger partial charge in [0.05, 0.1) is 0 Å². The lowest BCUT2D eigenvalue weighted by Gasteiger charge is -2.07. The van der Waals surface area contributed by atoms with Crippen molar-refractivity contribution in [3.8, 4) is 0 Å². The number of carbonyl (C=O) groups is 1. The number of hydrogen-bond donors (Lipinski definition) is 1. The highest BCUT2D eigenvalue weighted by Gasteiger charge is 2.19. The highest BCUT2D eigenvalue weighted by atomic mass is 79.9. The van der Waals surface area contributed by atoms with Gasteiger partial charge in [0, 0.05) is 15.7 Å². The van der Waals surface area contributed by atoms with Gasteiger partial charge in [0.15, 0.2) is 9.99 Å². The Balaban J connectivity index is 2.26. The SMILES string of the molecule is CC(=O)c1ccc(NS(=O)(=O)c2sccc2Br)cc1. The molecule has 19 heavy (non-hydrogen) atoms. The van der Waals surface area contributed by atoms with Crippen molar-refractivity contribution < 1.29 is 13.2 Å². The van der Waals surface area contributed by atoms with Gasteiger partial charge < -0.3 is 0 Å². The molecule has 0 saturated carbocycles. The molecule has 1 aromatic carbocycles. The highest BCUT2D eigenvalue weighted by Crippen LogP contribution is 2.29. The Morgan fingerprint density at radius 2 is 1.84 bits per heavy atom. The minimum atomic E-state index is -3.60. The number of thiophene rings is 1. The van der Waals surface area contributed by atoms with Gasteiger partial charge in [0.1, 0.15) is 0 Å². The molecular formula is C12H10BrNO3S2. The van der Waals surface area contributed by atoms with Crippen LogP contribution < -0.4 is 4.72 Å². The summed E-state index contributed by atoms with van der Waals surface area (Å²) in [5.74, 6) is -0.0598. The van der Waals surface area contributed by atoms with Crippen molar-refractivity contribution in [1.29, 1.82) is 0 Å². The maximum atomic E-state index is 12.1. The predicted molar refractivity (Wildman–Crippen MR) is 79.3 cm³/mol. The summed E-state index contributed by atoms with van der Waals surface area (Å²) < 4.78 is 27.4. The molecule has 0 aliphatic carbocycles. The summed E-state index contributed by atoms with van der Waals surface area (Å²) >= 11 is 4.33. The zero-order valence-electron chi connectivity index (χ0n) is 9.88. The summed E-state index contributed by atoms with van der Waals surface area (Å²) in [6, 6.07) is 7.98. The number of benzene rings is 1. The molecule has 100 valence electrons. The van der Waals surface area contributed by atoms with Gasteiger partial charge in [-0.1, -0.05) is 0 Å². The van der Waals surface area contributed by atoms with E-state index in [-0.39, 0.29) is 9.99 Å². The standard InChI is InChI=1S/C12H10BrNO3S2/c1-8(15)9-2-4-10(5-3-9)14-19(16,17)12-11(13)6-7-18-12/h2-7,14H,1H3. The van der Waals surface area contributed by atoms with Crippen molar-refractivity contribution in [3.63, 3.8) is 0 Å². The lowest BCUT2D eigenvalue weighted by Crippen LogP contribution is -2.12. The van der Waals surface area contributed by atoms with Crippen LogP contribution in [0.15, 0.2) is 44.4 Å². The highest BCUT2D eigenvalue weighted by molar-refractivity contribution is 9.10. The van der Waals surface area contributed by atoms with Gasteiger partial charge in [-0.05, 0) is 58.6 Å². The Kier molecular flexibility index (Phi) is 4.07. The van der Waals surface area contributed by atoms with Crippen molar-refractivity contribution in [1.82, 2.24) is 0 Å². The number of sulfonamides is 1. The van der Waals surface area contributed by atoms with Crippen LogP contribution in [0.2, 0.25) is 0 Å². The summed E-state index contributed by atoms with van der Waals surface area (Å²) in [6.07, 6.45) is 0. The smallest absolute Gasteiger partial charge is 0.272 e. The van der Waals surface area contributed by atoms with Gasteiger partial charge in [-0.3, -0.25) is 9.52 Å². The lowest BCUT2D eigenvalue weighted by atomic mass is 10.1. The third-order valence-corrected chi connectivity index (χ3v) is 6.42. The minimum Gasteiger partial charge on any atom is -0.295 e. The number of halogens is 1. The molecule has 0 radical (unpaired) electrons. The van der Waals surface area contributed by atoms with Crippen LogP contribution in [0, 0.1) is 0 Å². The van der Waals surface area contributed by atoms with E-state index in [0.29, 0.717) is 15.7 Å². The van der Waals surface area contributed by atoms with Crippen molar-refractivity contribution in [2.45, 2.75) is 11.1 Å². The number of hydrogen-bond acceptors (Lipinski definition) is 4. The topological polar surface area (TPSA) is 63.2 Å². The Bertz CT molecular complexity index is 705. The zero-order valence-corrected chi connectivity index (χ0v) is 13.1. The van der Waals surface area contributed by atoms with E-state index in [1.165, 1.54) is 6.92 Å². The third kappa shape index (κ3) is 3.23. The van der Waals surface area contributed by atoms with Crippen LogP contribution in [0.3, 0.4) is 0 Å². The van der Waals surface area contributed by atoms with E-state index in [0.717, 1.165) is 11.3 Å². The number of rotatable bonds is 4. The fraction of sp³-hybridized carbons (Fsp3) is 0.0833. The van der Waals surface area contributed by atoms with Crippen molar-refractivity contribution in [3.05, 3.63) is 45.7 Å². The van der Waals surface area contributed by atoms with Crippen molar-refractivity contribution in [2.75, 3.05) is 4.72 Å². The van der Waals surface area contributed by atoms with Gasteiger partial charge in [-0.25, -0.2) is 8.42 Å². The van der Waals surface area contributed by atoms with Gasteiger partial charge in [0.2, 0.25) is 0 Å². The first-order valence-corrected chi connectivity index (χ1v) is 8.42. The van der Waals surface area contributed by atoms with E-state index in [1.54, 1.807) is 35.7 Å². The Labute approximate surface area is 123 Å². The normalized spacial score (nSPS) is 11.3. The molecule has 1 aromatic heterocycles. The zero-order chi connectivity index (χ0) is 14.0.